The summed E-state index contributed by atoms with van der Waals surface area (Å²) in [5.74, 6) is -0.196. The molecule has 0 saturated heterocycles. The molecule has 0 bridgehead atoms. The van der Waals surface area contributed by atoms with Crippen molar-refractivity contribution in [3.8, 4) is 11.1 Å². The van der Waals surface area contributed by atoms with Crippen LogP contribution in [0.25, 0.3) is 21.9 Å². The quantitative estimate of drug-likeness (QED) is 0.630. The Morgan fingerprint density at radius 1 is 0.778 bits per heavy atom. The summed E-state index contributed by atoms with van der Waals surface area (Å²) in [6.45, 7) is 0. The molecule has 0 aliphatic heterocycles. The molecule has 0 aliphatic carbocycles. The van der Waals surface area contributed by atoms with E-state index in [1.807, 2.05) is 42.5 Å². The minimum Gasteiger partial charge on any atom is -0.399 e. The average molecular weight is 237 g/mol. The SMILES string of the molecule is Nc1cccc(-c2ccc(F)c3ccccc23)c1. The van der Waals surface area contributed by atoms with E-state index in [9.17, 15) is 4.39 Å². The minimum absolute atomic E-state index is 0.196. The van der Waals surface area contributed by atoms with Crippen LogP contribution >= 0.6 is 0 Å². The van der Waals surface area contributed by atoms with Crippen LogP contribution in [0.2, 0.25) is 0 Å². The maximum Gasteiger partial charge on any atom is 0.131 e. The van der Waals surface area contributed by atoms with Crippen LogP contribution in [0, 0.1) is 5.82 Å². The highest BCUT2D eigenvalue weighted by Gasteiger charge is 2.07. The second-order valence-electron chi connectivity index (χ2n) is 4.27. The van der Waals surface area contributed by atoms with E-state index in [2.05, 4.69) is 0 Å². The molecule has 0 radical (unpaired) electrons. The van der Waals surface area contributed by atoms with Crippen LogP contribution in [0.1, 0.15) is 0 Å². The number of nitrogen functional groups attached to an aromatic ring is 1. The Balaban J connectivity index is 2.33. The van der Waals surface area contributed by atoms with Gasteiger partial charge in [-0.05, 0) is 34.7 Å². The van der Waals surface area contributed by atoms with E-state index < -0.39 is 0 Å². The van der Waals surface area contributed by atoms with E-state index in [0.29, 0.717) is 11.1 Å². The van der Waals surface area contributed by atoms with Crippen molar-refractivity contribution >= 4 is 16.5 Å². The van der Waals surface area contributed by atoms with E-state index in [4.69, 9.17) is 5.73 Å². The number of rotatable bonds is 1. The predicted octanol–water partition coefficient (Wildman–Crippen LogP) is 4.23. The molecule has 0 amide bonds. The zero-order valence-electron chi connectivity index (χ0n) is 9.73. The summed E-state index contributed by atoms with van der Waals surface area (Å²) in [5.41, 5.74) is 8.51. The maximum absolute atomic E-state index is 13.7. The summed E-state index contributed by atoms with van der Waals surface area (Å²) in [7, 11) is 0. The standard InChI is InChI=1S/C16H12FN/c17-16-9-8-13(11-4-3-5-12(18)10-11)14-6-1-2-7-15(14)16/h1-10H,18H2. The molecule has 3 aromatic carbocycles. The van der Waals surface area contributed by atoms with Crippen molar-refractivity contribution in [1.29, 1.82) is 0 Å². The van der Waals surface area contributed by atoms with E-state index in [1.165, 1.54) is 6.07 Å². The summed E-state index contributed by atoms with van der Waals surface area (Å²) >= 11 is 0. The third kappa shape index (κ3) is 1.72. The molecule has 0 atom stereocenters. The van der Waals surface area contributed by atoms with Gasteiger partial charge in [-0.15, -0.1) is 0 Å². The fourth-order valence-electron chi connectivity index (χ4n) is 2.22. The lowest BCUT2D eigenvalue weighted by Gasteiger charge is -2.08. The molecule has 2 N–H and O–H groups in total. The van der Waals surface area contributed by atoms with Gasteiger partial charge in [0.2, 0.25) is 0 Å². The number of halogens is 1. The number of nitrogens with two attached hydrogens (primary N) is 1. The molecule has 3 rings (SSSR count). The molecule has 1 nitrogen and oxygen atoms in total. The van der Waals surface area contributed by atoms with Crippen molar-refractivity contribution in [3.63, 3.8) is 0 Å². The van der Waals surface area contributed by atoms with Crippen molar-refractivity contribution in [2.24, 2.45) is 0 Å². The van der Waals surface area contributed by atoms with Gasteiger partial charge in [-0.25, -0.2) is 4.39 Å². The molecular formula is C16H12FN. The zero-order valence-corrected chi connectivity index (χ0v) is 9.73. The van der Waals surface area contributed by atoms with Gasteiger partial charge in [0, 0.05) is 11.1 Å². The third-order valence-corrected chi connectivity index (χ3v) is 3.07. The van der Waals surface area contributed by atoms with Gasteiger partial charge in [0.25, 0.3) is 0 Å². The van der Waals surface area contributed by atoms with E-state index >= 15 is 0 Å². The van der Waals surface area contributed by atoms with Gasteiger partial charge in [0.05, 0.1) is 0 Å². The fraction of sp³-hybridized carbons (Fsp3) is 0. The minimum atomic E-state index is -0.196. The van der Waals surface area contributed by atoms with Gasteiger partial charge in [-0.1, -0.05) is 42.5 Å². The zero-order chi connectivity index (χ0) is 12.5. The van der Waals surface area contributed by atoms with Crippen LogP contribution in [0.15, 0.2) is 60.7 Å². The summed E-state index contributed by atoms with van der Waals surface area (Å²) < 4.78 is 13.7. The van der Waals surface area contributed by atoms with E-state index in [1.54, 1.807) is 12.1 Å². The monoisotopic (exact) mass is 237 g/mol. The van der Waals surface area contributed by atoms with Crippen molar-refractivity contribution in [2.45, 2.75) is 0 Å². The number of hydrogen-bond donors (Lipinski definition) is 1. The summed E-state index contributed by atoms with van der Waals surface area (Å²) in [4.78, 5) is 0. The Morgan fingerprint density at radius 2 is 1.56 bits per heavy atom. The molecule has 0 unspecified atom stereocenters. The predicted molar refractivity (Wildman–Crippen MR) is 73.8 cm³/mol. The molecule has 0 aromatic heterocycles. The van der Waals surface area contributed by atoms with Crippen LogP contribution in [0.3, 0.4) is 0 Å². The molecular weight excluding hydrogens is 225 g/mol. The number of anilines is 1. The van der Waals surface area contributed by atoms with Crippen LogP contribution in [0.4, 0.5) is 10.1 Å². The highest BCUT2D eigenvalue weighted by Crippen LogP contribution is 2.30. The first-order valence-electron chi connectivity index (χ1n) is 5.79. The molecule has 2 heteroatoms. The number of benzene rings is 3. The molecule has 0 spiro atoms. The lowest BCUT2D eigenvalue weighted by atomic mass is 9.98. The van der Waals surface area contributed by atoms with Crippen molar-refractivity contribution in [1.82, 2.24) is 0 Å². The van der Waals surface area contributed by atoms with E-state index in [-0.39, 0.29) is 5.82 Å². The molecule has 18 heavy (non-hydrogen) atoms. The molecule has 0 saturated carbocycles. The Hall–Kier alpha value is -2.35. The molecule has 0 aliphatic rings. The summed E-state index contributed by atoms with van der Waals surface area (Å²) in [5, 5.41) is 1.54. The Morgan fingerprint density at radius 3 is 2.33 bits per heavy atom. The fourth-order valence-corrected chi connectivity index (χ4v) is 2.22. The van der Waals surface area contributed by atoms with Gasteiger partial charge in [0.1, 0.15) is 5.82 Å². The molecule has 88 valence electrons. The average Bonchev–Trinajstić information content (AvgIpc) is 2.39. The third-order valence-electron chi connectivity index (χ3n) is 3.07. The second kappa shape index (κ2) is 4.15. The number of hydrogen-bond acceptors (Lipinski definition) is 1. The highest BCUT2D eigenvalue weighted by atomic mass is 19.1. The smallest absolute Gasteiger partial charge is 0.131 e. The van der Waals surface area contributed by atoms with Gasteiger partial charge in [0.15, 0.2) is 0 Å². The second-order valence-corrected chi connectivity index (χ2v) is 4.27. The van der Waals surface area contributed by atoms with Crippen molar-refractivity contribution in [2.75, 3.05) is 5.73 Å². The lowest BCUT2D eigenvalue weighted by Crippen LogP contribution is -1.87. The van der Waals surface area contributed by atoms with Gasteiger partial charge < -0.3 is 5.73 Å². The Kier molecular flexibility index (Phi) is 2.49. The topological polar surface area (TPSA) is 26.0 Å². The van der Waals surface area contributed by atoms with Crippen LogP contribution in [-0.2, 0) is 0 Å². The Labute approximate surface area is 105 Å². The van der Waals surface area contributed by atoms with E-state index in [0.717, 1.165) is 16.5 Å². The summed E-state index contributed by atoms with van der Waals surface area (Å²) in [6.07, 6.45) is 0. The molecule has 0 fully saturated rings. The van der Waals surface area contributed by atoms with Gasteiger partial charge in [-0.3, -0.25) is 0 Å². The first-order valence-corrected chi connectivity index (χ1v) is 5.79. The first kappa shape index (κ1) is 10.8. The largest absolute Gasteiger partial charge is 0.399 e. The highest BCUT2D eigenvalue weighted by molar-refractivity contribution is 5.97. The first-order chi connectivity index (χ1) is 8.75. The van der Waals surface area contributed by atoms with Crippen molar-refractivity contribution in [3.05, 3.63) is 66.5 Å². The number of fused-ring (bicyclic) bond motifs is 1. The maximum atomic E-state index is 13.7. The lowest BCUT2D eigenvalue weighted by molar-refractivity contribution is 0.640. The van der Waals surface area contributed by atoms with Crippen molar-refractivity contribution < 1.29 is 4.39 Å². The molecule has 3 aromatic rings. The Bertz CT molecular complexity index is 719. The normalized spacial score (nSPS) is 10.7. The summed E-state index contributed by atoms with van der Waals surface area (Å²) in [6, 6.07) is 18.4. The van der Waals surface area contributed by atoms with Gasteiger partial charge >= 0.3 is 0 Å². The van der Waals surface area contributed by atoms with Crippen LogP contribution in [0.5, 0.6) is 0 Å². The van der Waals surface area contributed by atoms with Gasteiger partial charge in [-0.2, -0.15) is 0 Å². The van der Waals surface area contributed by atoms with Crippen LogP contribution < -0.4 is 5.73 Å². The van der Waals surface area contributed by atoms with Crippen LogP contribution in [-0.4, -0.2) is 0 Å². The molecule has 0 heterocycles.